The summed E-state index contributed by atoms with van der Waals surface area (Å²) >= 11 is 5.97. The molecule has 238 valence electrons. The Morgan fingerprint density at radius 1 is 0.558 bits per heavy atom. The van der Waals surface area contributed by atoms with Gasteiger partial charge < -0.3 is 9.31 Å². The zero-order chi connectivity index (χ0) is 31.0. The average Bonchev–Trinajstić information content (AvgIpc) is 3.71. The molecule has 43 heavy (non-hydrogen) atoms. The van der Waals surface area contributed by atoms with Gasteiger partial charge in [-0.15, -0.1) is 34.0 Å². The van der Waals surface area contributed by atoms with Crippen LogP contribution in [0.15, 0.2) is 18.2 Å². The first-order chi connectivity index (χ1) is 20.6. The maximum Gasteiger partial charge on any atom is 0.505 e. The molecule has 0 aliphatic carbocycles. The van der Waals surface area contributed by atoms with E-state index in [4.69, 9.17) is 9.31 Å². The Morgan fingerprint density at radius 3 is 1.53 bits per heavy atom. The van der Waals surface area contributed by atoms with Crippen molar-refractivity contribution >= 4 is 45.9 Å². The van der Waals surface area contributed by atoms with Crippen LogP contribution in [0.5, 0.6) is 0 Å². The summed E-state index contributed by atoms with van der Waals surface area (Å²) in [5.41, 5.74) is 3.88. The van der Waals surface area contributed by atoms with Crippen molar-refractivity contribution in [1.29, 1.82) is 0 Å². The maximum absolute atomic E-state index is 6.63. The minimum Gasteiger partial charge on any atom is -0.399 e. The predicted molar refractivity (Wildman–Crippen MR) is 195 cm³/mol. The summed E-state index contributed by atoms with van der Waals surface area (Å²) in [6.07, 6.45) is 19.0. The minimum absolute atomic E-state index is 0.285. The number of thiophene rings is 3. The highest BCUT2D eigenvalue weighted by molar-refractivity contribution is 7.30. The second kappa shape index (κ2) is 16.1. The number of hydrogen-bond donors (Lipinski definition) is 0. The topological polar surface area (TPSA) is 18.5 Å². The Labute approximate surface area is 276 Å². The fourth-order valence-electron chi connectivity index (χ4n) is 6.02. The van der Waals surface area contributed by atoms with E-state index in [1.807, 2.05) is 34.0 Å². The number of hydrogen-bond acceptors (Lipinski definition) is 5. The summed E-state index contributed by atoms with van der Waals surface area (Å²) in [5.74, 6) is 0. The third-order valence-electron chi connectivity index (χ3n) is 9.40. The molecule has 0 N–H and O–H groups in total. The maximum atomic E-state index is 6.63. The van der Waals surface area contributed by atoms with E-state index in [0.717, 1.165) is 12.8 Å². The molecular weight excluding hydrogens is 583 g/mol. The van der Waals surface area contributed by atoms with Gasteiger partial charge in [0.2, 0.25) is 0 Å². The number of rotatable bonds is 18. The molecule has 0 aromatic carbocycles. The van der Waals surface area contributed by atoms with Gasteiger partial charge in [0, 0.05) is 29.2 Å². The van der Waals surface area contributed by atoms with Gasteiger partial charge in [0.25, 0.3) is 0 Å². The highest BCUT2D eigenvalue weighted by Gasteiger charge is 2.52. The predicted octanol–water partition coefficient (Wildman–Crippen LogP) is 12.2. The lowest BCUT2D eigenvalue weighted by Gasteiger charge is -2.32. The Morgan fingerprint density at radius 2 is 1.00 bits per heavy atom. The zero-order valence-corrected chi connectivity index (χ0v) is 30.9. The summed E-state index contributed by atoms with van der Waals surface area (Å²) < 4.78 is 14.6. The molecule has 1 saturated heterocycles. The molecular formula is C37H57BO2S3. The SMILES string of the molecule is CCCCCCc1cc(-c2sc(-c3sc(C)cc3CCCCCC)cc2CCCCCC)sc1B1OC(C)(C)C(C)(C)O1. The lowest BCUT2D eigenvalue weighted by molar-refractivity contribution is 0.00578. The van der Waals surface area contributed by atoms with Gasteiger partial charge in [0.05, 0.1) is 11.2 Å². The number of aryl methyl sites for hydroxylation is 4. The fraction of sp³-hybridized carbons (Fsp3) is 0.676. The molecule has 6 heteroatoms. The van der Waals surface area contributed by atoms with Gasteiger partial charge in [-0.2, -0.15) is 0 Å². The second-order valence-corrected chi connectivity index (χ2v) is 17.1. The monoisotopic (exact) mass is 640 g/mol. The van der Waals surface area contributed by atoms with Crippen molar-refractivity contribution in [1.82, 2.24) is 0 Å². The van der Waals surface area contributed by atoms with Crippen LogP contribution in [-0.2, 0) is 28.6 Å². The molecule has 1 fully saturated rings. The van der Waals surface area contributed by atoms with E-state index in [-0.39, 0.29) is 18.3 Å². The number of unbranched alkanes of at least 4 members (excludes halogenated alkanes) is 9. The molecule has 0 bridgehead atoms. The summed E-state index contributed by atoms with van der Waals surface area (Å²) in [6.45, 7) is 17.9. The highest BCUT2D eigenvalue weighted by Crippen LogP contribution is 2.46. The van der Waals surface area contributed by atoms with E-state index in [2.05, 4.69) is 73.6 Å². The molecule has 0 unspecified atom stereocenters. The molecule has 0 amide bonds. The lowest BCUT2D eigenvalue weighted by atomic mass is 9.83. The van der Waals surface area contributed by atoms with E-state index in [1.165, 1.54) is 118 Å². The Bertz CT molecular complexity index is 1270. The van der Waals surface area contributed by atoms with Crippen LogP contribution in [0.4, 0.5) is 0 Å². The van der Waals surface area contributed by atoms with E-state index in [1.54, 1.807) is 11.1 Å². The molecule has 1 aliphatic heterocycles. The molecule has 0 spiro atoms. The molecule has 0 saturated carbocycles. The van der Waals surface area contributed by atoms with Gasteiger partial charge >= 0.3 is 7.12 Å². The molecule has 4 heterocycles. The normalized spacial score (nSPS) is 16.0. The van der Waals surface area contributed by atoms with Gasteiger partial charge in [0.15, 0.2) is 0 Å². The van der Waals surface area contributed by atoms with E-state index < -0.39 is 0 Å². The van der Waals surface area contributed by atoms with Gasteiger partial charge in [0.1, 0.15) is 0 Å². The molecule has 1 aliphatic rings. The lowest BCUT2D eigenvalue weighted by Crippen LogP contribution is -2.41. The van der Waals surface area contributed by atoms with Crippen LogP contribution in [0.25, 0.3) is 19.5 Å². The quantitative estimate of drug-likeness (QED) is 0.102. The molecule has 3 aromatic heterocycles. The average molecular weight is 641 g/mol. The van der Waals surface area contributed by atoms with Crippen molar-refractivity contribution in [3.05, 3.63) is 39.8 Å². The first-order valence-corrected chi connectivity index (χ1v) is 19.8. The van der Waals surface area contributed by atoms with E-state index in [9.17, 15) is 0 Å². The zero-order valence-electron chi connectivity index (χ0n) is 28.5. The van der Waals surface area contributed by atoms with Crippen LogP contribution in [-0.4, -0.2) is 18.3 Å². The third-order valence-corrected chi connectivity index (χ3v) is 13.2. The minimum atomic E-state index is -0.327. The van der Waals surface area contributed by atoms with Crippen LogP contribution < -0.4 is 4.78 Å². The van der Waals surface area contributed by atoms with Crippen molar-refractivity contribution in [3.63, 3.8) is 0 Å². The third kappa shape index (κ3) is 8.88. The largest absolute Gasteiger partial charge is 0.505 e. The summed E-state index contributed by atoms with van der Waals surface area (Å²) in [7, 11) is -0.285. The van der Waals surface area contributed by atoms with Crippen LogP contribution >= 0.6 is 34.0 Å². The van der Waals surface area contributed by atoms with Crippen molar-refractivity contribution < 1.29 is 9.31 Å². The highest BCUT2D eigenvalue weighted by atomic mass is 32.1. The first kappa shape index (κ1) is 34.9. The Balaban J connectivity index is 1.70. The summed E-state index contributed by atoms with van der Waals surface area (Å²) in [6, 6.07) is 7.53. The molecule has 0 radical (unpaired) electrons. The molecule has 4 rings (SSSR count). The second-order valence-electron chi connectivity index (χ2n) is 13.7. The van der Waals surface area contributed by atoms with Gasteiger partial charge in [-0.1, -0.05) is 78.6 Å². The first-order valence-electron chi connectivity index (χ1n) is 17.3. The van der Waals surface area contributed by atoms with E-state index >= 15 is 0 Å². The van der Waals surface area contributed by atoms with Crippen molar-refractivity contribution in [2.75, 3.05) is 0 Å². The van der Waals surface area contributed by atoms with Crippen LogP contribution in [0.3, 0.4) is 0 Å². The van der Waals surface area contributed by atoms with Gasteiger partial charge in [-0.25, -0.2) is 0 Å². The van der Waals surface area contributed by atoms with Crippen LogP contribution in [0, 0.1) is 6.92 Å². The van der Waals surface area contributed by atoms with Crippen molar-refractivity contribution in [3.8, 4) is 19.5 Å². The fourth-order valence-corrected chi connectivity index (χ4v) is 9.74. The Kier molecular flexibility index (Phi) is 13.1. The Hall–Kier alpha value is -0.915. The smallest absolute Gasteiger partial charge is 0.399 e. The van der Waals surface area contributed by atoms with E-state index in [0.29, 0.717) is 0 Å². The molecule has 3 aromatic rings. The van der Waals surface area contributed by atoms with Crippen molar-refractivity contribution in [2.45, 2.75) is 163 Å². The van der Waals surface area contributed by atoms with Crippen LogP contribution in [0.2, 0.25) is 0 Å². The summed E-state index contributed by atoms with van der Waals surface area (Å²) in [5, 5.41) is 0. The van der Waals surface area contributed by atoms with Crippen LogP contribution in [0.1, 0.15) is 147 Å². The van der Waals surface area contributed by atoms with Gasteiger partial charge in [-0.05, 0) is 108 Å². The molecule has 2 nitrogen and oxygen atoms in total. The van der Waals surface area contributed by atoms with Crippen molar-refractivity contribution in [2.24, 2.45) is 0 Å². The standard InChI is InChI=1S/C37H57BO2S3/c1-9-12-15-18-21-28-24-27(4)41-33(28)31-25-29(22-19-16-13-10-2)34(42-31)32-26-30(23-20-17-14-11-3)35(43-32)38-39-36(5,6)37(7,8)40-38/h24-26H,9-23H2,1-8H3. The summed E-state index contributed by atoms with van der Waals surface area (Å²) in [4.78, 5) is 7.32. The molecule has 0 atom stereocenters. The van der Waals surface area contributed by atoms with Gasteiger partial charge in [-0.3, -0.25) is 0 Å².